The van der Waals surface area contributed by atoms with Gasteiger partial charge in [0.25, 0.3) is 0 Å². The highest BCUT2D eigenvalue weighted by Crippen LogP contribution is 2.43. The normalized spacial score (nSPS) is 24.9. The molecule has 1 fully saturated rings. The van der Waals surface area contributed by atoms with Crippen molar-refractivity contribution >= 4 is 15.9 Å². The van der Waals surface area contributed by atoms with E-state index in [1.54, 1.807) is 0 Å². The highest BCUT2D eigenvalue weighted by Gasteiger charge is 2.37. The molecule has 2 aliphatic rings. The second-order valence-electron chi connectivity index (χ2n) is 7.40. The summed E-state index contributed by atoms with van der Waals surface area (Å²) in [4.78, 5) is 0. The van der Waals surface area contributed by atoms with Crippen LogP contribution in [-0.2, 0) is 5.41 Å². The first kappa shape index (κ1) is 16.3. The molecule has 0 amide bonds. The molecule has 0 aromatic heterocycles. The topological polar surface area (TPSA) is 38.0 Å². The summed E-state index contributed by atoms with van der Waals surface area (Å²) in [5.41, 5.74) is 10.8. The summed E-state index contributed by atoms with van der Waals surface area (Å²) in [7, 11) is 0. The largest absolute Gasteiger partial charge is 0.324 e. The van der Waals surface area contributed by atoms with Crippen LogP contribution in [0.4, 0.5) is 0 Å². The fourth-order valence-electron chi connectivity index (χ4n) is 4.62. The predicted octanol–water partition coefficient (Wildman–Crippen LogP) is 5.00. The van der Waals surface area contributed by atoms with Crippen molar-refractivity contribution in [2.75, 3.05) is 6.54 Å². The molecule has 0 radical (unpaired) electrons. The van der Waals surface area contributed by atoms with Gasteiger partial charge in [-0.2, -0.15) is 0 Å². The van der Waals surface area contributed by atoms with Gasteiger partial charge in [0.05, 0.1) is 0 Å². The Balaban J connectivity index is 1.55. The number of halogens is 1. The van der Waals surface area contributed by atoms with Crippen molar-refractivity contribution in [3.05, 3.63) is 69.7 Å². The second kappa shape index (κ2) is 6.62. The van der Waals surface area contributed by atoms with E-state index in [0.29, 0.717) is 6.04 Å². The average molecular weight is 385 g/mol. The number of hydrogen-bond donors (Lipinski definition) is 2. The molecule has 2 nitrogen and oxygen atoms in total. The monoisotopic (exact) mass is 384 g/mol. The predicted molar refractivity (Wildman–Crippen MR) is 103 cm³/mol. The van der Waals surface area contributed by atoms with E-state index in [9.17, 15) is 0 Å². The van der Waals surface area contributed by atoms with Crippen LogP contribution in [0.25, 0.3) is 0 Å². The van der Waals surface area contributed by atoms with Gasteiger partial charge >= 0.3 is 0 Å². The van der Waals surface area contributed by atoms with Crippen molar-refractivity contribution in [2.45, 2.75) is 49.6 Å². The zero-order chi connectivity index (χ0) is 16.6. The Morgan fingerprint density at radius 1 is 1.04 bits per heavy atom. The van der Waals surface area contributed by atoms with Gasteiger partial charge < -0.3 is 11.1 Å². The number of nitrogens with one attached hydrogen (secondary N) is 1. The van der Waals surface area contributed by atoms with E-state index in [1.165, 1.54) is 46.8 Å². The summed E-state index contributed by atoms with van der Waals surface area (Å²) in [6, 6.07) is 18.1. The highest BCUT2D eigenvalue weighted by atomic mass is 79.9. The van der Waals surface area contributed by atoms with Crippen LogP contribution >= 0.6 is 15.9 Å². The minimum Gasteiger partial charge on any atom is -0.324 e. The third-order valence-electron chi connectivity index (χ3n) is 5.95. The van der Waals surface area contributed by atoms with Gasteiger partial charge in [0.15, 0.2) is 0 Å². The Labute approximate surface area is 153 Å². The third kappa shape index (κ3) is 2.94. The molecule has 24 heavy (non-hydrogen) atoms. The summed E-state index contributed by atoms with van der Waals surface area (Å²) in [5, 5.41) is 3.87. The molecule has 0 saturated heterocycles. The van der Waals surface area contributed by atoms with Gasteiger partial charge in [0, 0.05) is 28.5 Å². The van der Waals surface area contributed by atoms with Gasteiger partial charge in [0.1, 0.15) is 0 Å². The molecule has 2 atom stereocenters. The Kier molecular flexibility index (Phi) is 4.50. The molecule has 0 aliphatic heterocycles. The maximum atomic E-state index is 6.34. The molecule has 3 N–H and O–H groups in total. The quantitative estimate of drug-likeness (QED) is 0.778. The van der Waals surface area contributed by atoms with Crippen molar-refractivity contribution in [3.8, 4) is 0 Å². The highest BCUT2D eigenvalue weighted by molar-refractivity contribution is 9.10. The number of fused-ring (bicyclic) bond motifs is 1. The Hall–Kier alpha value is -1.16. The zero-order valence-electron chi connectivity index (χ0n) is 14.0. The lowest BCUT2D eigenvalue weighted by Gasteiger charge is -2.32. The summed E-state index contributed by atoms with van der Waals surface area (Å²) < 4.78 is 1.18. The number of nitrogens with two attached hydrogens (primary N) is 1. The van der Waals surface area contributed by atoms with Crippen LogP contribution in [-0.4, -0.2) is 6.54 Å². The van der Waals surface area contributed by atoms with Gasteiger partial charge in [-0.1, -0.05) is 65.2 Å². The van der Waals surface area contributed by atoms with Crippen molar-refractivity contribution in [3.63, 3.8) is 0 Å². The van der Waals surface area contributed by atoms with E-state index in [4.69, 9.17) is 5.73 Å². The van der Waals surface area contributed by atoms with Crippen molar-refractivity contribution in [1.82, 2.24) is 5.32 Å². The minimum atomic E-state index is 0.170. The van der Waals surface area contributed by atoms with Crippen molar-refractivity contribution in [1.29, 1.82) is 0 Å². The minimum absolute atomic E-state index is 0.170. The number of hydrogen-bond acceptors (Lipinski definition) is 2. The maximum absolute atomic E-state index is 6.34. The average Bonchev–Trinajstić information content (AvgIpc) is 3.20. The smallest absolute Gasteiger partial charge is 0.0341 e. The van der Waals surface area contributed by atoms with Crippen LogP contribution in [0, 0.1) is 0 Å². The third-order valence-corrected chi connectivity index (χ3v) is 6.44. The lowest BCUT2D eigenvalue weighted by atomic mass is 9.78. The van der Waals surface area contributed by atoms with E-state index in [-0.39, 0.29) is 11.5 Å². The van der Waals surface area contributed by atoms with Crippen LogP contribution in [0.1, 0.15) is 60.9 Å². The Bertz CT molecular complexity index is 721. The SMILES string of the molecule is NC1CC(NCC2(c3cccc(Br)c3)CCCC2)c2ccccc21. The van der Waals surface area contributed by atoms with Crippen LogP contribution in [0.5, 0.6) is 0 Å². The Morgan fingerprint density at radius 3 is 2.54 bits per heavy atom. The van der Waals surface area contributed by atoms with E-state index in [0.717, 1.165) is 13.0 Å². The number of benzene rings is 2. The molecule has 4 rings (SSSR count). The molecule has 0 spiro atoms. The van der Waals surface area contributed by atoms with Gasteiger partial charge in [-0.25, -0.2) is 0 Å². The molecule has 0 bridgehead atoms. The first-order chi connectivity index (χ1) is 11.7. The van der Waals surface area contributed by atoms with Gasteiger partial charge in [-0.05, 0) is 48.1 Å². The van der Waals surface area contributed by atoms with Crippen molar-refractivity contribution in [2.24, 2.45) is 5.73 Å². The van der Waals surface area contributed by atoms with Gasteiger partial charge in [-0.15, -0.1) is 0 Å². The molecule has 1 saturated carbocycles. The summed E-state index contributed by atoms with van der Waals surface area (Å²) >= 11 is 3.64. The van der Waals surface area contributed by atoms with E-state index in [2.05, 4.69) is 69.8 Å². The fourth-order valence-corrected chi connectivity index (χ4v) is 5.02. The molecule has 2 aromatic carbocycles. The van der Waals surface area contributed by atoms with Crippen molar-refractivity contribution < 1.29 is 0 Å². The van der Waals surface area contributed by atoms with E-state index < -0.39 is 0 Å². The first-order valence-electron chi connectivity index (χ1n) is 9.02. The molecular formula is C21H25BrN2. The van der Waals surface area contributed by atoms with E-state index >= 15 is 0 Å². The van der Waals surface area contributed by atoms with Crippen LogP contribution in [0.3, 0.4) is 0 Å². The molecule has 126 valence electrons. The molecule has 0 heterocycles. The lowest BCUT2D eigenvalue weighted by molar-refractivity contribution is 0.368. The zero-order valence-corrected chi connectivity index (χ0v) is 15.6. The molecule has 2 unspecified atom stereocenters. The maximum Gasteiger partial charge on any atom is 0.0341 e. The van der Waals surface area contributed by atoms with Crippen LogP contribution < -0.4 is 11.1 Å². The van der Waals surface area contributed by atoms with Crippen LogP contribution in [0.2, 0.25) is 0 Å². The molecular weight excluding hydrogens is 360 g/mol. The molecule has 2 aliphatic carbocycles. The summed E-state index contributed by atoms with van der Waals surface area (Å²) in [6.07, 6.45) is 6.21. The summed E-state index contributed by atoms with van der Waals surface area (Å²) in [6.45, 7) is 1.04. The van der Waals surface area contributed by atoms with E-state index in [1.807, 2.05) is 0 Å². The molecule has 3 heteroatoms. The lowest BCUT2D eigenvalue weighted by Crippen LogP contribution is -2.37. The fraction of sp³-hybridized carbons (Fsp3) is 0.429. The number of rotatable bonds is 4. The standard InChI is InChI=1S/C21H25BrN2/c22-16-7-5-6-15(12-16)21(10-3-4-11-21)14-24-20-13-19(23)17-8-1-2-9-18(17)20/h1-2,5-9,12,19-20,24H,3-4,10-11,13-14,23H2. The van der Waals surface area contributed by atoms with Gasteiger partial charge in [0.2, 0.25) is 0 Å². The van der Waals surface area contributed by atoms with Gasteiger partial charge in [-0.3, -0.25) is 0 Å². The first-order valence-corrected chi connectivity index (χ1v) is 9.81. The van der Waals surface area contributed by atoms with Crippen LogP contribution in [0.15, 0.2) is 53.0 Å². The summed E-state index contributed by atoms with van der Waals surface area (Å²) in [5.74, 6) is 0. The second-order valence-corrected chi connectivity index (χ2v) is 8.32. The Morgan fingerprint density at radius 2 is 1.79 bits per heavy atom. The molecule has 2 aromatic rings.